The van der Waals surface area contributed by atoms with E-state index < -0.39 is 17.3 Å². The molecule has 1 N–H and O–H groups in total. The second-order valence-electron chi connectivity index (χ2n) is 5.67. The predicted molar refractivity (Wildman–Crippen MR) is 75.8 cm³/mol. The van der Waals surface area contributed by atoms with Crippen molar-refractivity contribution in [2.24, 2.45) is 0 Å². The minimum absolute atomic E-state index is 0.0256. The first-order valence-corrected chi connectivity index (χ1v) is 6.67. The zero-order chi connectivity index (χ0) is 16.3. The zero-order valence-corrected chi connectivity index (χ0v) is 12.7. The highest BCUT2D eigenvalue weighted by Crippen LogP contribution is 2.31. The van der Waals surface area contributed by atoms with Gasteiger partial charge in [-0.25, -0.2) is 0 Å². The molecule has 0 atom stereocenters. The molecule has 0 saturated carbocycles. The monoisotopic (exact) mass is 302 g/mol. The number of halogens is 3. The Kier molecular flexibility index (Phi) is 5.39. The minimum Gasteiger partial charge on any atom is -0.349 e. The average Bonchev–Trinajstić information content (AvgIpc) is 2.37. The predicted octanol–water partition coefficient (Wildman–Crippen LogP) is 3.01. The third-order valence-electron chi connectivity index (χ3n) is 3.32. The molecule has 118 valence electrons. The number of carbonyl (C=O) groups excluding carboxylic acids is 1. The Morgan fingerprint density at radius 1 is 1.19 bits per heavy atom. The standard InChI is InChI=1S/C15H21F3N2O/c1-14(2,19-9-8-13(21)20(3)4)11-6-5-7-12(10-11)15(16,17)18/h5-7,10,19H,8-9H2,1-4H3. The molecule has 0 bridgehead atoms. The first-order chi connectivity index (χ1) is 9.54. The van der Waals surface area contributed by atoms with Crippen molar-refractivity contribution in [1.82, 2.24) is 10.2 Å². The number of amides is 1. The number of hydrogen-bond donors (Lipinski definition) is 1. The van der Waals surface area contributed by atoms with Gasteiger partial charge >= 0.3 is 6.18 Å². The second-order valence-corrected chi connectivity index (χ2v) is 5.67. The smallest absolute Gasteiger partial charge is 0.349 e. The van der Waals surface area contributed by atoms with E-state index in [1.54, 1.807) is 34.0 Å². The number of hydrogen-bond acceptors (Lipinski definition) is 2. The Hall–Kier alpha value is -1.56. The lowest BCUT2D eigenvalue weighted by Gasteiger charge is -2.28. The summed E-state index contributed by atoms with van der Waals surface area (Å²) in [6.45, 7) is 3.99. The van der Waals surface area contributed by atoms with Crippen LogP contribution in [0.5, 0.6) is 0 Å². The van der Waals surface area contributed by atoms with Crippen LogP contribution in [0.1, 0.15) is 31.4 Å². The van der Waals surface area contributed by atoms with Crippen LogP contribution in [0.15, 0.2) is 24.3 Å². The molecule has 0 aliphatic heterocycles. The summed E-state index contributed by atoms with van der Waals surface area (Å²) in [5.41, 5.74) is -0.776. The van der Waals surface area contributed by atoms with E-state index in [0.717, 1.165) is 12.1 Å². The Labute approximate surface area is 123 Å². The van der Waals surface area contributed by atoms with Crippen molar-refractivity contribution >= 4 is 5.91 Å². The van der Waals surface area contributed by atoms with Gasteiger partial charge in [-0.15, -0.1) is 0 Å². The lowest BCUT2D eigenvalue weighted by atomic mass is 9.92. The van der Waals surface area contributed by atoms with Gasteiger partial charge in [-0.05, 0) is 31.5 Å². The molecule has 0 unspecified atom stereocenters. The van der Waals surface area contributed by atoms with E-state index in [1.807, 2.05) is 0 Å². The van der Waals surface area contributed by atoms with Gasteiger partial charge in [0.25, 0.3) is 0 Å². The summed E-state index contributed by atoms with van der Waals surface area (Å²) < 4.78 is 38.2. The van der Waals surface area contributed by atoms with Crippen molar-refractivity contribution in [3.8, 4) is 0 Å². The summed E-state index contributed by atoms with van der Waals surface area (Å²) in [6.07, 6.45) is -4.05. The van der Waals surface area contributed by atoms with Gasteiger partial charge in [-0.3, -0.25) is 4.79 Å². The summed E-state index contributed by atoms with van der Waals surface area (Å²) in [6, 6.07) is 5.23. The molecule has 6 heteroatoms. The van der Waals surface area contributed by atoms with Gasteiger partial charge in [0.1, 0.15) is 0 Å². The van der Waals surface area contributed by atoms with Gasteiger partial charge in [0.15, 0.2) is 0 Å². The molecule has 0 heterocycles. The summed E-state index contributed by atoms with van der Waals surface area (Å²) >= 11 is 0. The molecule has 1 aromatic rings. The van der Waals surface area contributed by atoms with Crippen LogP contribution in [-0.2, 0) is 16.5 Å². The Balaban J connectivity index is 2.76. The van der Waals surface area contributed by atoms with Crippen LogP contribution in [0.3, 0.4) is 0 Å². The van der Waals surface area contributed by atoms with Crippen molar-refractivity contribution < 1.29 is 18.0 Å². The molecule has 0 aliphatic carbocycles. The largest absolute Gasteiger partial charge is 0.416 e. The number of nitrogens with zero attached hydrogens (tertiary/aromatic N) is 1. The summed E-state index contributed by atoms with van der Waals surface area (Å²) in [5, 5.41) is 3.12. The Morgan fingerprint density at radius 2 is 1.76 bits per heavy atom. The van der Waals surface area contributed by atoms with Crippen molar-refractivity contribution in [1.29, 1.82) is 0 Å². The number of benzene rings is 1. The maximum atomic E-state index is 12.7. The van der Waals surface area contributed by atoms with Crippen molar-refractivity contribution in [2.45, 2.75) is 32.0 Å². The van der Waals surface area contributed by atoms with Gasteiger partial charge in [0.05, 0.1) is 5.56 Å². The number of alkyl halides is 3. The van der Waals surface area contributed by atoms with Crippen molar-refractivity contribution in [2.75, 3.05) is 20.6 Å². The molecular weight excluding hydrogens is 281 g/mol. The molecule has 0 aromatic heterocycles. The Morgan fingerprint density at radius 3 is 2.29 bits per heavy atom. The lowest BCUT2D eigenvalue weighted by molar-refractivity contribution is -0.137. The molecule has 0 radical (unpaired) electrons. The van der Waals surface area contributed by atoms with E-state index in [4.69, 9.17) is 0 Å². The third kappa shape index (κ3) is 5.04. The lowest BCUT2D eigenvalue weighted by Crippen LogP contribution is -2.39. The second kappa shape index (κ2) is 6.47. The fourth-order valence-corrected chi connectivity index (χ4v) is 1.89. The van der Waals surface area contributed by atoms with Crippen LogP contribution in [0, 0.1) is 0 Å². The van der Waals surface area contributed by atoms with E-state index >= 15 is 0 Å². The molecule has 21 heavy (non-hydrogen) atoms. The molecule has 0 spiro atoms. The van der Waals surface area contributed by atoms with Gasteiger partial charge < -0.3 is 10.2 Å². The van der Waals surface area contributed by atoms with Crippen molar-refractivity contribution in [3.05, 3.63) is 35.4 Å². The highest BCUT2D eigenvalue weighted by Gasteiger charge is 2.32. The third-order valence-corrected chi connectivity index (χ3v) is 3.32. The van der Waals surface area contributed by atoms with Gasteiger partial charge in [0.2, 0.25) is 5.91 Å². The van der Waals surface area contributed by atoms with Gasteiger partial charge in [-0.1, -0.05) is 12.1 Å². The zero-order valence-electron chi connectivity index (χ0n) is 12.7. The number of rotatable bonds is 5. The topological polar surface area (TPSA) is 32.3 Å². The van der Waals surface area contributed by atoms with E-state index in [9.17, 15) is 18.0 Å². The van der Waals surface area contributed by atoms with Crippen LogP contribution in [0.25, 0.3) is 0 Å². The first-order valence-electron chi connectivity index (χ1n) is 6.67. The van der Waals surface area contributed by atoms with E-state index in [-0.39, 0.29) is 5.91 Å². The fourth-order valence-electron chi connectivity index (χ4n) is 1.89. The molecule has 0 saturated heterocycles. The SMILES string of the molecule is CN(C)C(=O)CCNC(C)(C)c1cccc(C(F)(F)F)c1. The number of nitrogens with one attached hydrogen (secondary N) is 1. The number of carbonyl (C=O) groups is 1. The van der Waals surface area contributed by atoms with E-state index in [0.29, 0.717) is 18.5 Å². The maximum absolute atomic E-state index is 12.7. The molecule has 3 nitrogen and oxygen atoms in total. The highest BCUT2D eigenvalue weighted by atomic mass is 19.4. The Bertz CT molecular complexity index is 496. The normalized spacial score (nSPS) is 12.3. The minimum atomic E-state index is -4.35. The quantitative estimate of drug-likeness (QED) is 0.907. The molecule has 1 rings (SSSR count). The van der Waals surface area contributed by atoms with E-state index in [2.05, 4.69) is 5.32 Å². The van der Waals surface area contributed by atoms with Crippen molar-refractivity contribution in [3.63, 3.8) is 0 Å². The highest BCUT2D eigenvalue weighted by molar-refractivity contribution is 5.75. The van der Waals surface area contributed by atoms with Gasteiger partial charge in [-0.2, -0.15) is 13.2 Å². The van der Waals surface area contributed by atoms with Crippen LogP contribution >= 0.6 is 0 Å². The summed E-state index contributed by atoms with van der Waals surface area (Å²) in [4.78, 5) is 13.0. The molecule has 0 fully saturated rings. The van der Waals surface area contributed by atoms with Crippen LogP contribution in [0.2, 0.25) is 0 Å². The summed E-state index contributed by atoms with van der Waals surface area (Å²) in [5.74, 6) is -0.0256. The first kappa shape index (κ1) is 17.5. The fraction of sp³-hybridized carbons (Fsp3) is 0.533. The molecule has 1 amide bonds. The molecule has 1 aromatic carbocycles. The van der Waals surface area contributed by atoms with E-state index in [1.165, 1.54) is 11.0 Å². The van der Waals surface area contributed by atoms with Crippen LogP contribution < -0.4 is 5.32 Å². The van der Waals surface area contributed by atoms with Crippen LogP contribution in [-0.4, -0.2) is 31.4 Å². The van der Waals surface area contributed by atoms with Crippen LogP contribution in [0.4, 0.5) is 13.2 Å². The molecule has 0 aliphatic rings. The summed E-state index contributed by atoms with van der Waals surface area (Å²) in [7, 11) is 3.33. The maximum Gasteiger partial charge on any atom is 0.416 e. The van der Waals surface area contributed by atoms with Gasteiger partial charge in [0, 0.05) is 32.6 Å². The average molecular weight is 302 g/mol. The molecular formula is C15H21F3N2O.